The second-order valence-electron chi connectivity index (χ2n) is 9.16. The molecule has 0 saturated heterocycles. The van der Waals surface area contributed by atoms with E-state index in [2.05, 4.69) is 89.1 Å². The van der Waals surface area contributed by atoms with Crippen LogP contribution in [-0.4, -0.2) is 4.57 Å². The number of imidazole rings is 1. The van der Waals surface area contributed by atoms with E-state index in [0.29, 0.717) is 0 Å². The first-order valence-corrected chi connectivity index (χ1v) is 13.1. The fourth-order valence-electron chi connectivity index (χ4n) is 4.57. The Morgan fingerprint density at radius 1 is 0.625 bits per heavy atom. The molecule has 0 fully saturated rings. The Morgan fingerprint density at radius 3 is 1.75 bits per heavy atom. The van der Waals surface area contributed by atoms with E-state index < -0.39 is 0 Å². The first kappa shape index (κ1) is 24.3. The summed E-state index contributed by atoms with van der Waals surface area (Å²) in [5.41, 5.74) is 2.61. The van der Waals surface area contributed by atoms with Crippen molar-refractivity contribution in [1.29, 1.82) is 0 Å². The molecule has 2 nitrogen and oxygen atoms in total. The van der Waals surface area contributed by atoms with Crippen LogP contribution in [0.25, 0.3) is 5.69 Å². The van der Waals surface area contributed by atoms with Gasteiger partial charge in [-0.1, -0.05) is 120 Å². The van der Waals surface area contributed by atoms with Crippen molar-refractivity contribution in [3.8, 4) is 5.69 Å². The van der Waals surface area contributed by atoms with Gasteiger partial charge in [-0.05, 0) is 30.5 Å². The lowest BCUT2D eigenvalue weighted by atomic mass is 10.1. The molecule has 0 spiro atoms. The van der Waals surface area contributed by atoms with Crippen molar-refractivity contribution in [3.63, 3.8) is 0 Å². The molecule has 0 aliphatic heterocycles. The van der Waals surface area contributed by atoms with Crippen molar-refractivity contribution in [2.75, 3.05) is 0 Å². The first-order chi connectivity index (χ1) is 15.9. The van der Waals surface area contributed by atoms with Crippen LogP contribution in [0.4, 0.5) is 0 Å². The Morgan fingerprint density at radius 2 is 1.16 bits per heavy atom. The van der Waals surface area contributed by atoms with E-state index in [1.165, 1.54) is 94.1 Å². The number of aromatic nitrogens is 2. The molecule has 0 unspecified atom stereocenters. The molecule has 32 heavy (non-hydrogen) atoms. The summed E-state index contributed by atoms with van der Waals surface area (Å²) in [6, 6.07) is 21.6. The van der Waals surface area contributed by atoms with Crippen LogP contribution in [0.5, 0.6) is 0 Å². The van der Waals surface area contributed by atoms with Gasteiger partial charge in [0.05, 0.1) is 13.0 Å². The maximum absolute atomic E-state index is 2.47. The zero-order valence-corrected chi connectivity index (χ0v) is 20.2. The van der Waals surface area contributed by atoms with Gasteiger partial charge in [-0.3, -0.25) is 0 Å². The van der Waals surface area contributed by atoms with Gasteiger partial charge in [0.25, 0.3) is 5.82 Å². The largest absolute Gasteiger partial charge is 0.266 e. The SMILES string of the molecule is CCCCCCCCCCCCCC[n+]1ccn(-c2ccccc2)c1Cc1ccccc1. The maximum atomic E-state index is 2.47. The summed E-state index contributed by atoms with van der Waals surface area (Å²) in [6.07, 6.45) is 22.2. The van der Waals surface area contributed by atoms with Crippen LogP contribution in [0.15, 0.2) is 73.1 Å². The lowest BCUT2D eigenvalue weighted by Gasteiger charge is -2.06. The van der Waals surface area contributed by atoms with Crippen molar-refractivity contribution in [2.24, 2.45) is 0 Å². The number of hydrogen-bond acceptors (Lipinski definition) is 0. The summed E-state index contributed by atoms with van der Waals surface area (Å²) >= 11 is 0. The van der Waals surface area contributed by atoms with Gasteiger partial charge >= 0.3 is 0 Å². The van der Waals surface area contributed by atoms with Gasteiger partial charge < -0.3 is 0 Å². The monoisotopic (exact) mass is 431 g/mol. The summed E-state index contributed by atoms with van der Waals surface area (Å²) in [4.78, 5) is 0. The highest BCUT2D eigenvalue weighted by atomic mass is 15.1. The summed E-state index contributed by atoms with van der Waals surface area (Å²) in [5, 5.41) is 0. The van der Waals surface area contributed by atoms with Gasteiger partial charge in [0.2, 0.25) is 0 Å². The van der Waals surface area contributed by atoms with Crippen molar-refractivity contribution in [3.05, 3.63) is 84.4 Å². The Bertz CT molecular complexity index is 851. The third kappa shape index (κ3) is 8.30. The third-order valence-corrected chi connectivity index (χ3v) is 6.50. The van der Waals surface area contributed by atoms with Crippen molar-refractivity contribution in [1.82, 2.24) is 4.57 Å². The van der Waals surface area contributed by atoms with Crippen LogP contribution in [0.2, 0.25) is 0 Å². The second-order valence-corrected chi connectivity index (χ2v) is 9.16. The molecule has 3 rings (SSSR count). The minimum absolute atomic E-state index is 0.959. The number of rotatable bonds is 16. The second kappa shape index (κ2) is 14.7. The standard InChI is InChI=1S/C30H43N2/c1-2-3-4-5-6-7-8-9-10-11-12-19-24-31-25-26-32(29-22-17-14-18-23-29)30(31)27-28-20-15-13-16-21-28/h13-18,20-23,25-26H,2-12,19,24,27H2,1H3/q+1. The zero-order chi connectivity index (χ0) is 22.3. The maximum Gasteiger partial charge on any atom is 0.266 e. The van der Waals surface area contributed by atoms with Crippen LogP contribution < -0.4 is 4.57 Å². The number of unbranched alkanes of at least 4 members (excludes halogenated alkanes) is 11. The Kier molecular flexibility index (Phi) is 11.1. The first-order valence-electron chi connectivity index (χ1n) is 13.1. The van der Waals surface area contributed by atoms with Gasteiger partial charge in [-0.25, -0.2) is 4.57 Å². The molecule has 0 atom stereocenters. The molecule has 0 aliphatic carbocycles. The van der Waals surface area contributed by atoms with Gasteiger partial charge in [0.15, 0.2) is 0 Å². The van der Waals surface area contributed by atoms with Crippen molar-refractivity contribution < 1.29 is 4.57 Å². The van der Waals surface area contributed by atoms with E-state index in [4.69, 9.17) is 0 Å². The molecule has 0 N–H and O–H groups in total. The summed E-state index contributed by atoms with van der Waals surface area (Å²) in [7, 11) is 0. The highest BCUT2D eigenvalue weighted by molar-refractivity contribution is 5.33. The van der Waals surface area contributed by atoms with E-state index in [0.717, 1.165) is 13.0 Å². The zero-order valence-electron chi connectivity index (χ0n) is 20.2. The molecule has 0 saturated carbocycles. The number of aryl methyl sites for hydroxylation is 1. The quantitative estimate of drug-likeness (QED) is 0.160. The van der Waals surface area contributed by atoms with E-state index in [1.54, 1.807) is 0 Å². The van der Waals surface area contributed by atoms with Gasteiger partial charge in [0, 0.05) is 0 Å². The molecule has 3 aromatic rings. The minimum Gasteiger partial charge on any atom is -0.234 e. The number of hydrogen-bond donors (Lipinski definition) is 0. The summed E-state index contributed by atoms with van der Waals surface area (Å²) < 4.78 is 4.82. The van der Waals surface area contributed by atoms with Crippen LogP contribution in [-0.2, 0) is 13.0 Å². The Balaban J connectivity index is 1.43. The normalized spacial score (nSPS) is 11.2. The summed E-state index contributed by atoms with van der Waals surface area (Å²) in [6.45, 7) is 3.40. The lowest BCUT2D eigenvalue weighted by Crippen LogP contribution is -2.37. The Labute approximate surface area is 196 Å². The lowest BCUT2D eigenvalue weighted by molar-refractivity contribution is -0.703. The molecule has 0 amide bonds. The summed E-state index contributed by atoms with van der Waals surface area (Å²) in [5.74, 6) is 1.37. The van der Waals surface area contributed by atoms with Gasteiger partial charge in [0.1, 0.15) is 18.1 Å². The van der Waals surface area contributed by atoms with Crippen LogP contribution in [0.1, 0.15) is 95.4 Å². The predicted octanol–water partition coefficient (Wildman–Crippen LogP) is 8.06. The van der Waals surface area contributed by atoms with E-state index in [1.807, 2.05) is 0 Å². The van der Waals surface area contributed by atoms with Crippen LogP contribution in [0, 0.1) is 0 Å². The minimum atomic E-state index is 0.959. The van der Waals surface area contributed by atoms with E-state index in [9.17, 15) is 0 Å². The van der Waals surface area contributed by atoms with Gasteiger partial charge in [-0.2, -0.15) is 4.57 Å². The van der Waals surface area contributed by atoms with E-state index >= 15 is 0 Å². The van der Waals surface area contributed by atoms with E-state index in [-0.39, 0.29) is 0 Å². The average Bonchev–Trinajstić information content (AvgIpc) is 3.23. The topological polar surface area (TPSA) is 8.81 Å². The van der Waals surface area contributed by atoms with Crippen LogP contribution >= 0.6 is 0 Å². The predicted molar refractivity (Wildman–Crippen MR) is 136 cm³/mol. The molecule has 2 aromatic carbocycles. The molecule has 1 aromatic heterocycles. The molecule has 2 heteroatoms. The van der Waals surface area contributed by atoms with Crippen molar-refractivity contribution in [2.45, 2.75) is 96.9 Å². The number of benzene rings is 2. The smallest absolute Gasteiger partial charge is 0.234 e. The van der Waals surface area contributed by atoms with Gasteiger partial charge in [-0.15, -0.1) is 0 Å². The molecular formula is C30H43N2+. The number of nitrogens with zero attached hydrogens (tertiary/aromatic N) is 2. The average molecular weight is 432 g/mol. The molecule has 0 bridgehead atoms. The Hall–Kier alpha value is -2.35. The third-order valence-electron chi connectivity index (χ3n) is 6.50. The fourth-order valence-corrected chi connectivity index (χ4v) is 4.57. The van der Waals surface area contributed by atoms with Crippen molar-refractivity contribution >= 4 is 0 Å². The van der Waals surface area contributed by atoms with Crippen LogP contribution in [0.3, 0.4) is 0 Å². The number of para-hydroxylation sites is 1. The molecule has 0 aliphatic rings. The molecule has 172 valence electrons. The highest BCUT2D eigenvalue weighted by Crippen LogP contribution is 2.15. The highest BCUT2D eigenvalue weighted by Gasteiger charge is 2.19. The molecule has 0 radical (unpaired) electrons. The fraction of sp³-hybridized carbons (Fsp3) is 0.500. The molecule has 1 heterocycles. The molecular weight excluding hydrogens is 388 g/mol.